The maximum atomic E-state index is 12.7. The van der Waals surface area contributed by atoms with Gasteiger partial charge in [0.2, 0.25) is 0 Å². The molecule has 0 aromatic carbocycles. The lowest BCUT2D eigenvalue weighted by Crippen LogP contribution is -2.37. The summed E-state index contributed by atoms with van der Waals surface area (Å²) in [5.41, 5.74) is 0. The molecule has 2 atom stereocenters. The highest BCUT2D eigenvalue weighted by Gasteiger charge is 2.20. The van der Waals surface area contributed by atoms with Crippen molar-refractivity contribution in [1.29, 1.82) is 0 Å². The number of unbranched alkanes of at least 4 members (excludes halogenated alkanes) is 22. The topological polar surface area (TPSA) is 94.1 Å². The first kappa shape index (κ1) is 51.0. The summed E-state index contributed by atoms with van der Waals surface area (Å²) < 4.78 is 34.5. The normalized spacial score (nSPS) is 14.0. The predicted octanol–water partition coefficient (Wildman–Crippen LogP) is 11.8. The Morgan fingerprint density at radius 3 is 1.52 bits per heavy atom. The first-order chi connectivity index (χ1) is 25.1. The molecule has 0 spiro atoms. The highest BCUT2D eigenvalue weighted by atomic mass is 31.2. The fraction of sp³-hybridized carbons (Fsp3) is 0.884. The monoisotopic (exact) mass is 758 g/mol. The summed E-state index contributed by atoms with van der Waals surface area (Å²) in [5, 5.41) is 0. The minimum absolute atomic E-state index is 0.0251. The molecule has 0 saturated carbocycles. The molecule has 0 bridgehead atoms. The molecule has 0 aliphatic heterocycles. The van der Waals surface area contributed by atoms with Crippen LogP contribution in [0.25, 0.3) is 0 Å². The molecule has 52 heavy (non-hydrogen) atoms. The fourth-order valence-corrected chi connectivity index (χ4v) is 6.54. The van der Waals surface area contributed by atoms with Crippen molar-refractivity contribution in [2.24, 2.45) is 0 Å². The molecule has 2 unspecified atom stereocenters. The zero-order valence-electron chi connectivity index (χ0n) is 34.8. The van der Waals surface area contributed by atoms with E-state index in [9.17, 15) is 14.3 Å². The van der Waals surface area contributed by atoms with E-state index in [2.05, 4.69) is 38.2 Å². The van der Waals surface area contributed by atoms with Crippen molar-refractivity contribution >= 4 is 13.8 Å². The van der Waals surface area contributed by atoms with Gasteiger partial charge in [0.1, 0.15) is 19.3 Å². The zero-order valence-corrected chi connectivity index (χ0v) is 35.7. The quantitative estimate of drug-likeness (QED) is 0.0202. The van der Waals surface area contributed by atoms with Gasteiger partial charge in [-0.1, -0.05) is 147 Å². The van der Waals surface area contributed by atoms with Crippen LogP contribution in [0.3, 0.4) is 0 Å². The lowest BCUT2D eigenvalue weighted by Gasteiger charge is -2.28. The number of rotatable bonds is 40. The number of phosphoric ester groups is 1. The standard InChI is InChI=1S/C43H84NO7P/c1-6-8-10-12-14-16-18-20-21-22-23-24-25-26-28-30-32-34-36-43(45)51-42(41-50-52(46,47)49-39-37-44(3,4)5)40-48-38-35-33-31-29-27-19-17-15-13-11-9-7-2/h13,15,21-22,42H,6-12,14,16-20,23-41H2,1-5H3/b15-13-,22-21-. The molecule has 9 heteroatoms. The third kappa shape index (κ3) is 40.2. The molecule has 0 heterocycles. The Morgan fingerprint density at radius 1 is 0.577 bits per heavy atom. The molecular formula is C43H84NO7P. The van der Waals surface area contributed by atoms with Crippen LogP contribution in [-0.2, 0) is 27.9 Å². The van der Waals surface area contributed by atoms with Crippen LogP contribution < -0.4 is 4.89 Å². The lowest BCUT2D eigenvalue weighted by atomic mass is 10.1. The number of esters is 1. The lowest BCUT2D eigenvalue weighted by molar-refractivity contribution is -0.870. The van der Waals surface area contributed by atoms with Gasteiger partial charge >= 0.3 is 5.97 Å². The van der Waals surface area contributed by atoms with E-state index in [1.165, 1.54) is 135 Å². The molecule has 0 amide bonds. The van der Waals surface area contributed by atoms with E-state index in [4.69, 9.17) is 18.5 Å². The van der Waals surface area contributed by atoms with Gasteiger partial charge in [0.25, 0.3) is 7.82 Å². The molecule has 0 aliphatic rings. The average Bonchev–Trinajstić information content (AvgIpc) is 3.09. The van der Waals surface area contributed by atoms with Gasteiger partial charge in [-0.05, 0) is 57.8 Å². The Labute approximate surface area is 322 Å². The maximum Gasteiger partial charge on any atom is 0.306 e. The Balaban J connectivity index is 4.22. The summed E-state index contributed by atoms with van der Waals surface area (Å²) in [7, 11) is 1.35. The van der Waals surface area contributed by atoms with Crippen molar-refractivity contribution in [2.75, 3.05) is 54.1 Å². The Kier molecular flexibility index (Phi) is 36.2. The molecule has 0 rings (SSSR count). The molecular weight excluding hydrogens is 673 g/mol. The summed E-state index contributed by atoms with van der Waals surface area (Å²) in [6, 6.07) is 0. The number of ether oxygens (including phenoxy) is 2. The number of phosphoric acid groups is 1. The van der Waals surface area contributed by atoms with Gasteiger partial charge in [-0.2, -0.15) is 0 Å². The molecule has 0 aromatic heterocycles. The van der Waals surface area contributed by atoms with Crippen molar-refractivity contribution in [1.82, 2.24) is 0 Å². The summed E-state index contributed by atoms with van der Waals surface area (Å²) in [6.45, 7) is 5.37. The Bertz CT molecular complexity index is 889. The largest absolute Gasteiger partial charge is 0.756 e. The molecule has 0 radical (unpaired) electrons. The van der Waals surface area contributed by atoms with E-state index in [0.29, 0.717) is 24.1 Å². The van der Waals surface area contributed by atoms with Crippen LogP contribution in [0.5, 0.6) is 0 Å². The smallest absolute Gasteiger partial charge is 0.306 e. The predicted molar refractivity (Wildman–Crippen MR) is 217 cm³/mol. The van der Waals surface area contributed by atoms with Crippen LogP contribution in [0, 0.1) is 0 Å². The van der Waals surface area contributed by atoms with Crippen molar-refractivity contribution in [3.05, 3.63) is 24.3 Å². The van der Waals surface area contributed by atoms with Crippen LogP contribution in [0.4, 0.5) is 0 Å². The van der Waals surface area contributed by atoms with Crippen LogP contribution in [0.15, 0.2) is 24.3 Å². The molecule has 0 fully saturated rings. The number of nitrogens with zero attached hydrogens (tertiary/aromatic N) is 1. The van der Waals surface area contributed by atoms with Gasteiger partial charge < -0.3 is 27.9 Å². The molecule has 0 saturated heterocycles. The second-order valence-electron chi connectivity index (χ2n) is 15.7. The first-order valence-corrected chi connectivity index (χ1v) is 23.0. The number of quaternary nitrogens is 1. The van der Waals surface area contributed by atoms with Crippen LogP contribution in [0.1, 0.15) is 187 Å². The Morgan fingerprint density at radius 2 is 1.02 bits per heavy atom. The summed E-state index contributed by atoms with van der Waals surface area (Å²) in [6.07, 6.45) is 40.4. The van der Waals surface area contributed by atoms with Crippen LogP contribution in [-0.4, -0.2) is 70.7 Å². The number of allylic oxidation sites excluding steroid dienone is 4. The second kappa shape index (κ2) is 36.9. The van der Waals surface area contributed by atoms with E-state index in [1.54, 1.807) is 0 Å². The van der Waals surface area contributed by atoms with E-state index in [0.717, 1.165) is 32.1 Å². The third-order valence-electron chi connectivity index (χ3n) is 9.23. The number of hydrogen-bond donors (Lipinski definition) is 0. The number of carbonyl (C=O) groups excluding carboxylic acids is 1. The zero-order chi connectivity index (χ0) is 38.4. The molecule has 8 nitrogen and oxygen atoms in total. The van der Waals surface area contributed by atoms with Gasteiger partial charge in [-0.3, -0.25) is 9.36 Å². The summed E-state index contributed by atoms with van der Waals surface area (Å²) in [4.78, 5) is 25.0. The number of carbonyl (C=O) groups is 1. The van der Waals surface area contributed by atoms with E-state index in [1.807, 2.05) is 21.1 Å². The van der Waals surface area contributed by atoms with Crippen LogP contribution >= 0.6 is 7.82 Å². The molecule has 308 valence electrons. The van der Waals surface area contributed by atoms with Gasteiger partial charge in [-0.15, -0.1) is 0 Å². The van der Waals surface area contributed by atoms with E-state index in [-0.39, 0.29) is 25.8 Å². The van der Waals surface area contributed by atoms with Crippen LogP contribution in [0.2, 0.25) is 0 Å². The summed E-state index contributed by atoms with van der Waals surface area (Å²) >= 11 is 0. The van der Waals surface area contributed by atoms with Crippen molar-refractivity contribution in [3.8, 4) is 0 Å². The SMILES string of the molecule is CCCC/C=C\CCCCCCCCOCC(COP(=O)([O-])OCC[N+](C)(C)C)OC(=O)CCCCCCCCC/C=C\CCCCCCCCC. The Hall–Kier alpha value is -1.02. The van der Waals surface area contributed by atoms with Crippen molar-refractivity contribution in [3.63, 3.8) is 0 Å². The minimum atomic E-state index is -4.52. The molecule has 0 aliphatic carbocycles. The van der Waals surface area contributed by atoms with Gasteiger partial charge in [-0.25, -0.2) is 0 Å². The second-order valence-corrected chi connectivity index (χ2v) is 17.1. The number of likely N-dealkylation sites (N-methyl/N-ethyl adjacent to an activating group) is 1. The maximum absolute atomic E-state index is 12.7. The van der Waals surface area contributed by atoms with Gasteiger partial charge in [0, 0.05) is 13.0 Å². The van der Waals surface area contributed by atoms with E-state index >= 15 is 0 Å². The van der Waals surface area contributed by atoms with Gasteiger partial charge in [0.15, 0.2) is 0 Å². The van der Waals surface area contributed by atoms with Gasteiger partial charge in [0.05, 0.1) is 34.4 Å². The van der Waals surface area contributed by atoms with Crippen molar-refractivity contribution < 1.29 is 37.3 Å². The average molecular weight is 758 g/mol. The molecule has 0 N–H and O–H groups in total. The number of hydrogen-bond acceptors (Lipinski definition) is 7. The highest BCUT2D eigenvalue weighted by molar-refractivity contribution is 7.45. The minimum Gasteiger partial charge on any atom is -0.756 e. The van der Waals surface area contributed by atoms with Crippen molar-refractivity contribution in [2.45, 2.75) is 193 Å². The highest BCUT2D eigenvalue weighted by Crippen LogP contribution is 2.38. The third-order valence-corrected chi connectivity index (χ3v) is 10.2. The molecule has 0 aromatic rings. The fourth-order valence-electron chi connectivity index (χ4n) is 5.82. The summed E-state index contributed by atoms with van der Waals surface area (Å²) in [5.74, 6) is -0.340. The van der Waals surface area contributed by atoms with E-state index < -0.39 is 13.9 Å². The first-order valence-electron chi connectivity index (χ1n) is 21.6.